The quantitative estimate of drug-likeness (QED) is 0.689. The van der Waals surface area contributed by atoms with Crippen molar-refractivity contribution in [2.24, 2.45) is 5.92 Å². The highest BCUT2D eigenvalue weighted by molar-refractivity contribution is 9.10. The van der Waals surface area contributed by atoms with Crippen molar-refractivity contribution in [3.8, 4) is 0 Å². The lowest BCUT2D eigenvalue weighted by Gasteiger charge is -2.31. The Bertz CT molecular complexity index is 899. The number of carbonyl (C=O) groups is 3. The standard InChI is InChI=1S/C20H20BrClN4O3/c21-15-3-1-2-14(10-15)19(28)24-12-18(27)26-8-6-13(7-9-26)20(29)25-17-5-4-16(22)11-23-17/h1-5,10-11,13H,6-9,12H2,(H,24,28)(H,23,25,29). The van der Waals surface area contributed by atoms with Gasteiger partial charge in [0.15, 0.2) is 0 Å². The van der Waals surface area contributed by atoms with Crippen molar-refractivity contribution in [1.82, 2.24) is 15.2 Å². The Balaban J connectivity index is 1.43. The number of amides is 3. The summed E-state index contributed by atoms with van der Waals surface area (Å²) in [7, 11) is 0. The molecule has 0 radical (unpaired) electrons. The van der Waals surface area contributed by atoms with E-state index in [1.165, 1.54) is 6.20 Å². The van der Waals surface area contributed by atoms with E-state index in [4.69, 9.17) is 11.6 Å². The molecule has 1 aromatic carbocycles. The first-order valence-corrected chi connectivity index (χ1v) is 10.3. The Morgan fingerprint density at radius 1 is 1.17 bits per heavy atom. The number of aromatic nitrogens is 1. The first kappa shape index (κ1) is 21.3. The predicted octanol–water partition coefficient (Wildman–Crippen LogP) is 3.10. The van der Waals surface area contributed by atoms with Crippen LogP contribution in [0.25, 0.3) is 0 Å². The van der Waals surface area contributed by atoms with E-state index < -0.39 is 0 Å². The van der Waals surface area contributed by atoms with Crippen LogP contribution in [0.5, 0.6) is 0 Å². The predicted molar refractivity (Wildman–Crippen MR) is 114 cm³/mol. The van der Waals surface area contributed by atoms with Gasteiger partial charge in [0, 0.05) is 35.2 Å². The first-order chi connectivity index (χ1) is 13.9. The monoisotopic (exact) mass is 478 g/mol. The molecule has 2 N–H and O–H groups in total. The van der Waals surface area contributed by atoms with Gasteiger partial charge in [-0.3, -0.25) is 14.4 Å². The van der Waals surface area contributed by atoms with E-state index in [-0.39, 0.29) is 30.2 Å². The van der Waals surface area contributed by atoms with Crippen LogP contribution in [0.4, 0.5) is 5.82 Å². The number of hydrogen-bond acceptors (Lipinski definition) is 4. The molecule has 2 heterocycles. The molecule has 0 saturated carbocycles. The number of carbonyl (C=O) groups excluding carboxylic acids is 3. The van der Waals surface area contributed by atoms with Gasteiger partial charge in [-0.2, -0.15) is 0 Å². The zero-order valence-electron chi connectivity index (χ0n) is 15.5. The largest absolute Gasteiger partial charge is 0.343 e. The Morgan fingerprint density at radius 3 is 2.59 bits per heavy atom. The molecule has 0 unspecified atom stereocenters. The van der Waals surface area contributed by atoms with Crippen LogP contribution in [0.2, 0.25) is 5.02 Å². The Kier molecular flexibility index (Phi) is 7.22. The second-order valence-corrected chi connectivity index (χ2v) is 8.05. The number of piperidine rings is 1. The fourth-order valence-electron chi connectivity index (χ4n) is 3.07. The number of hydrogen-bond donors (Lipinski definition) is 2. The van der Waals surface area contributed by atoms with E-state index >= 15 is 0 Å². The molecule has 0 spiro atoms. The highest BCUT2D eigenvalue weighted by Gasteiger charge is 2.27. The number of pyridine rings is 1. The maximum Gasteiger partial charge on any atom is 0.251 e. The van der Waals surface area contributed by atoms with Gasteiger partial charge in [-0.1, -0.05) is 33.6 Å². The zero-order valence-corrected chi connectivity index (χ0v) is 17.9. The summed E-state index contributed by atoms with van der Waals surface area (Å²) in [6.45, 7) is 0.867. The number of benzene rings is 1. The molecule has 9 heteroatoms. The highest BCUT2D eigenvalue weighted by atomic mass is 79.9. The molecule has 1 aliphatic heterocycles. The Morgan fingerprint density at radius 2 is 1.93 bits per heavy atom. The molecule has 0 atom stereocenters. The molecule has 1 aliphatic rings. The fourth-order valence-corrected chi connectivity index (χ4v) is 3.58. The maximum atomic E-state index is 12.4. The average molecular weight is 480 g/mol. The van der Waals surface area contributed by atoms with Crippen molar-refractivity contribution in [2.45, 2.75) is 12.8 Å². The van der Waals surface area contributed by atoms with E-state index in [9.17, 15) is 14.4 Å². The smallest absolute Gasteiger partial charge is 0.251 e. The third kappa shape index (κ3) is 6.01. The molecule has 1 aromatic heterocycles. The van der Waals surface area contributed by atoms with Crippen LogP contribution in [0, 0.1) is 5.92 Å². The molecule has 0 bridgehead atoms. The minimum Gasteiger partial charge on any atom is -0.343 e. The summed E-state index contributed by atoms with van der Waals surface area (Å²) in [6.07, 6.45) is 2.59. The van der Waals surface area contributed by atoms with Gasteiger partial charge < -0.3 is 15.5 Å². The van der Waals surface area contributed by atoms with E-state index in [1.54, 1.807) is 35.2 Å². The summed E-state index contributed by atoms with van der Waals surface area (Å²) in [5.41, 5.74) is 0.485. The van der Waals surface area contributed by atoms with Crippen LogP contribution in [-0.2, 0) is 9.59 Å². The third-order valence-corrected chi connectivity index (χ3v) is 5.40. The second kappa shape index (κ2) is 9.84. The number of likely N-dealkylation sites (tertiary alicyclic amines) is 1. The Labute approximate surface area is 182 Å². The van der Waals surface area contributed by atoms with Gasteiger partial charge in [-0.05, 0) is 43.2 Å². The first-order valence-electron chi connectivity index (χ1n) is 9.16. The normalized spacial score (nSPS) is 14.3. The summed E-state index contributed by atoms with van der Waals surface area (Å²) in [5.74, 6) is -0.313. The summed E-state index contributed by atoms with van der Waals surface area (Å²) < 4.78 is 0.797. The van der Waals surface area contributed by atoms with Gasteiger partial charge in [0.2, 0.25) is 11.8 Å². The minimum atomic E-state index is -0.302. The van der Waals surface area contributed by atoms with E-state index in [2.05, 4.69) is 31.5 Å². The molecule has 29 heavy (non-hydrogen) atoms. The summed E-state index contributed by atoms with van der Waals surface area (Å²) in [4.78, 5) is 42.6. The number of anilines is 1. The molecule has 7 nitrogen and oxygen atoms in total. The topological polar surface area (TPSA) is 91.4 Å². The number of halogens is 2. The fraction of sp³-hybridized carbons (Fsp3) is 0.300. The molecular weight excluding hydrogens is 460 g/mol. The molecule has 2 aromatic rings. The lowest BCUT2D eigenvalue weighted by molar-refractivity contribution is -0.133. The Hall–Kier alpha value is -2.45. The second-order valence-electron chi connectivity index (χ2n) is 6.70. The van der Waals surface area contributed by atoms with Crippen molar-refractivity contribution in [1.29, 1.82) is 0 Å². The van der Waals surface area contributed by atoms with Gasteiger partial charge >= 0.3 is 0 Å². The molecule has 3 amide bonds. The molecular formula is C20H20BrClN4O3. The van der Waals surface area contributed by atoms with Crippen LogP contribution < -0.4 is 10.6 Å². The average Bonchev–Trinajstić information content (AvgIpc) is 2.73. The lowest BCUT2D eigenvalue weighted by Crippen LogP contribution is -2.45. The molecule has 152 valence electrons. The molecule has 0 aliphatic carbocycles. The van der Waals surface area contributed by atoms with Gasteiger partial charge in [0.25, 0.3) is 5.91 Å². The van der Waals surface area contributed by atoms with E-state index in [0.29, 0.717) is 42.3 Å². The number of nitrogens with one attached hydrogen (secondary N) is 2. The van der Waals surface area contributed by atoms with Gasteiger partial charge in [0.1, 0.15) is 5.82 Å². The van der Waals surface area contributed by atoms with Crippen molar-refractivity contribution < 1.29 is 14.4 Å². The van der Waals surface area contributed by atoms with E-state index in [0.717, 1.165) is 4.47 Å². The molecule has 1 saturated heterocycles. The molecule has 1 fully saturated rings. The van der Waals surface area contributed by atoms with Crippen LogP contribution in [0.3, 0.4) is 0 Å². The van der Waals surface area contributed by atoms with Crippen LogP contribution >= 0.6 is 27.5 Å². The zero-order chi connectivity index (χ0) is 20.8. The van der Waals surface area contributed by atoms with Crippen LogP contribution in [0.1, 0.15) is 23.2 Å². The number of rotatable bonds is 5. The minimum absolute atomic E-state index is 0.0725. The van der Waals surface area contributed by atoms with Crippen molar-refractivity contribution >= 4 is 51.1 Å². The van der Waals surface area contributed by atoms with Gasteiger partial charge in [0.05, 0.1) is 11.6 Å². The van der Waals surface area contributed by atoms with Crippen molar-refractivity contribution in [2.75, 3.05) is 25.0 Å². The van der Waals surface area contributed by atoms with Gasteiger partial charge in [-0.25, -0.2) is 4.98 Å². The lowest BCUT2D eigenvalue weighted by atomic mass is 9.96. The summed E-state index contributed by atoms with van der Waals surface area (Å²) >= 11 is 9.11. The molecule has 3 rings (SSSR count). The number of nitrogens with zero attached hydrogens (tertiary/aromatic N) is 2. The van der Waals surface area contributed by atoms with E-state index in [1.807, 2.05) is 6.07 Å². The van der Waals surface area contributed by atoms with Crippen LogP contribution in [0.15, 0.2) is 47.1 Å². The van der Waals surface area contributed by atoms with Crippen molar-refractivity contribution in [3.05, 3.63) is 57.7 Å². The highest BCUT2D eigenvalue weighted by Crippen LogP contribution is 2.19. The summed E-state index contributed by atoms with van der Waals surface area (Å²) in [6, 6.07) is 10.3. The third-order valence-electron chi connectivity index (χ3n) is 4.68. The van der Waals surface area contributed by atoms with Crippen LogP contribution in [-0.4, -0.2) is 47.2 Å². The SMILES string of the molecule is O=C(NCC(=O)N1CCC(C(=O)Nc2ccc(Cl)cn2)CC1)c1cccc(Br)c1. The van der Waals surface area contributed by atoms with Gasteiger partial charge in [-0.15, -0.1) is 0 Å². The summed E-state index contributed by atoms with van der Waals surface area (Å²) in [5, 5.41) is 5.92. The maximum absolute atomic E-state index is 12.4. The van der Waals surface area contributed by atoms with Crippen molar-refractivity contribution in [3.63, 3.8) is 0 Å².